The monoisotopic (exact) mass is 248 g/mol. The molecule has 0 saturated carbocycles. The molecule has 18 heavy (non-hydrogen) atoms. The summed E-state index contributed by atoms with van der Waals surface area (Å²) in [6.07, 6.45) is 4.38. The zero-order valence-electron chi connectivity index (χ0n) is 10.7. The third-order valence-corrected chi connectivity index (χ3v) is 2.43. The number of nitrogens with one attached hydrogen (secondary N) is 1. The lowest BCUT2D eigenvalue weighted by molar-refractivity contribution is 0.177. The lowest BCUT2D eigenvalue weighted by atomic mass is 10.2. The van der Waals surface area contributed by atoms with Gasteiger partial charge in [0.05, 0.1) is 6.61 Å². The number of aliphatic hydroxyl groups is 1. The van der Waals surface area contributed by atoms with Crippen LogP contribution in [0.25, 0.3) is 0 Å². The molecule has 1 rings (SSSR count). The van der Waals surface area contributed by atoms with E-state index in [2.05, 4.69) is 5.32 Å². The molecule has 1 aromatic rings. The molecule has 0 radical (unpaired) electrons. The molecule has 2 N–H and O–H groups in total. The minimum Gasteiger partial charge on any atom is -0.395 e. The Bertz CT molecular complexity index is 377. The second-order valence-electron chi connectivity index (χ2n) is 3.89. The maximum atomic E-state index is 11.9. The summed E-state index contributed by atoms with van der Waals surface area (Å²) in [7, 11) is 0. The summed E-state index contributed by atoms with van der Waals surface area (Å²) in [5.74, 6) is 0. The number of allylic oxidation sites excluding steroid dienone is 1. The summed E-state index contributed by atoms with van der Waals surface area (Å²) in [5, 5.41) is 11.7. The summed E-state index contributed by atoms with van der Waals surface area (Å²) in [5.41, 5.74) is 1.04. The maximum absolute atomic E-state index is 11.9. The first-order valence-corrected chi connectivity index (χ1v) is 6.13. The van der Waals surface area contributed by atoms with Crippen LogP contribution in [0, 0.1) is 0 Å². The first-order chi connectivity index (χ1) is 8.77. The van der Waals surface area contributed by atoms with Crippen molar-refractivity contribution >= 4 is 6.03 Å². The second-order valence-corrected chi connectivity index (χ2v) is 3.89. The molecule has 2 amide bonds. The fraction of sp³-hybridized carbons (Fsp3) is 0.357. The van der Waals surface area contributed by atoms with Crippen LogP contribution in [0.5, 0.6) is 0 Å². The van der Waals surface area contributed by atoms with Crippen molar-refractivity contribution in [1.82, 2.24) is 10.2 Å². The van der Waals surface area contributed by atoms with Crippen LogP contribution in [0.2, 0.25) is 0 Å². The van der Waals surface area contributed by atoms with Gasteiger partial charge in [0, 0.05) is 19.3 Å². The summed E-state index contributed by atoms with van der Waals surface area (Å²) < 4.78 is 0. The number of hydrogen-bond acceptors (Lipinski definition) is 2. The third kappa shape index (κ3) is 5.01. The van der Waals surface area contributed by atoms with Crippen LogP contribution in [0.1, 0.15) is 18.9 Å². The van der Waals surface area contributed by atoms with Crippen LogP contribution in [-0.4, -0.2) is 29.2 Å². The molecule has 0 heterocycles. The van der Waals surface area contributed by atoms with Crippen LogP contribution >= 0.6 is 0 Å². The molecule has 0 aliphatic heterocycles. The first kappa shape index (κ1) is 14.3. The summed E-state index contributed by atoms with van der Waals surface area (Å²) in [4.78, 5) is 13.4. The van der Waals surface area contributed by atoms with Crippen LogP contribution in [-0.2, 0) is 6.54 Å². The Morgan fingerprint density at radius 3 is 2.72 bits per heavy atom. The number of hydrogen-bond donors (Lipinski definition) is 2. The predicted molar refractivity (Wildman–Crippen MR) is 71.9 cm³/mol. The largest absolute Gasteiger partial charge is 0.395 e. The standard InChI is InChI=1S/C14H20N2O2/c1-2-3-9-15-14(18)16(10-11-17)12-13-7-5-4-6-8-13/h3-9,17H,2,10-12H2,1H3,(H,15,18)/b9-3+. The first-order valence-electron chi connectivity index (χ1n) is 6.13. The Kier molecular flexibility index (Phi) is 6.58. The van der Waals surface area contributed by atoms with E-state index >= 15 is 0 Å². The molecule has 0 bridgehead atoms. The van der Waals surface area contributed by atoms with Crippen molar-refractivity contribution in [3.8, 4) is 0 Å². The van der Waals surface area contributed by atoms with Crippen LogP contribution in [0.3, 0.4) is 0 Å². The fourth-order valence-corrected chi connectivity index (χ4v) is 1.52. The van der Waals surface area contributed by atoms with Gasteiger partial charge in [-0.3, -0.25) is 0 Å². The van der Waals surface area contributed by atoms with Crippen molar-refractivity contribution in [3.05, 3.63) is 48.2 Å². The number of carbonyl (C=O) groups is 1. The van der Waals surface area contributed by atoms with Crippen molar-refractivity contribution in [2.24, 2.45) is 0 Å². The van der Waals surface area contributed by atoms with Gasteiger partial charge in [-0.1, -0.05) is 43.3 Å². The molecule has 0 spiro atoms. The lowest BCUT2D eigenvalue weighted by Crippen LogP contribution is -2.38. The number of benzene rings is 1. The predicted octanol–water partition coefficient (Wildman–Crippen LogP) is 2.11. The normalized spacial score (nSPS) is 10.6. The van der Waals surface area contributed by atoms with Crippen molar-refractivity contribution in [1.29, 1.82) is 0 Å². The molecule has 0 atom stereocenters. The summed E-state index contributed by atoms with van der Waals surface area (Å²) >= 11 is 0. The Morgan fingerprint density at radius 1 is 1.39 bits per heavy atom. The van der Waals surface area contributed by atoms with Gasteiger partial charge in [-0.25, -0.2) is 4.79 Å². The zero-order chi connectivity index (χ0) is 13.2. The number of nitrogens with zero attached hydrogens (tertiary/aromatic N) is 1. The van der Waals surface area contributed by atoms with Crippen LogP contribution < -0.4 is 5.32 Å². The van der Waals surface area contributed by atoms with Crippen LogP contribution in [0.15, 0.2) is 42.6 Å². The highest BCUT2D eigenvalue weighted by atomic mass is 16.3. The van der Waals surface area contributed by atoms with Crippen LogP contribution in [0.4, 0.5) is 4.79 Å². The average Bonchev–Trinajstić information content (AvgIpc) is 2.39. The highest BCUT2D eigenvalue weighted by Gasteiger charge is 2.11. The number of rotatable bonds is 6. The fourth-order valence-electron chi connectivity index (χ4n) is 1.52. The third-order valence-electron chi connectivity index (χ3n) is 2.43. The Hall–Kier alpha value is -1.81. The van der Waals surface area contributed by atoms with E-state index in [1.807, 2.05) is 43.3 Å². The van der Waals surface area contributed by atoms with E-state index in [1.54, 1.807) is 11.1 Å². The highest BCUT2D eigenvalue weighted by molar-refractivity contribution is 5.75. The zero-order valence-corrected chi connectivity index (χ0v) is 10.7. The van der Waals surface area contributed by atoms with Gasteiger partial charge in [-0.2, -0.15) is 0 Å². The summed E-state index contributed by atoms with van der Waals surface area (Å²) in [6.45, 7) is 2.77. The van der Waals surface area contributed by atoms with Gasteiger partial charge < -0.3 is 15.3 Å². The smallest absolute Gasteiger partial charge is 0.321 e. The minimum absolute atomic E-state index is 0.0439. The second kappa shape index (κ2) is 8.31. The highest BCUT2D eigenvalue weighted by Crippen LogP contribution is 2.04. The van der Waals surface area contributed by atoms with E-state index in [4.69, 9.17) is 5.11 Å². The number of urea groups is 1. The number of amides is 2. The molecule has 1 aromatic carbocycles. The lowest BCUT2D eigenvalue weighted by Gasteiger charge is -2.21. The molecular weight excluding hydrogens is 228 g/mol. The maximum Gasteiger partial charge on any atom is 0.321 e. The molecule has 98 valence electrons. The van der Waals surface area contributed by atoms with E-state index < -0.39 is 0 Å². The molecule has 0 aliphatic rings. The van der Waals surface area contributed by atoms with Gasteiger partial charge in [0.25, 0.3) is 0 Å². The molecule has 4 nitrogen and oxygen atoms in total. The SMILES string of the molecule is CC/C=C/NC(=O)N(CCO)Cc1ccccc1. The molecular formula is C14H20N2O2. The average molecular weight is 248 g/mol. The molecule has 0 aliphatic carbocycles. The Labute approximate surface area is 108 Å². The van der Waals surface area contributed by atoms with Gasteiger partial charge in [0.1, 0.15) is 0 Å². The van der Waals surface area contributed by atoms with Crippen molar-refractivity contribution < 1.29 is 9.90 Å². The minimum atomic E-state index is -0.197. The van der Waals surface area contributed by atoms with Crippen molar-refractivity contribution in [3.63, 3.8) is 0 Å². The molecule has 0 aromatic heterocycles. The number of carbonyl (C=O) groups excluding carboxylic acids is 1. The van der Waals surface area contributed by atoms with Gasteiger partial charge in [0.15, 0.2) is 0 Å². The van der Waals surface area contributed by atoms with Crippen molar-refractivity contribution in [2.75, 3.05) is 13.2 Å². The van der Waals surface area contributed by atoms with Gasteiger partial charge in [-0.05, 0) is 12.0 Å². The molecule has 4 heteroatoms. The van der Waals surface area contributed by atoms with E-state index in [9.17, 15) is 4.79 Å². The van der Waals surface area contributed by atoms with Gasteiger partial charge >= 0.3 is 6.03 Å². The number of aliphatic hydroxyl groups excluding tert-OH is 1. The van der Waals surface area contributed by atoms with E-state index in [0.29, 0.717) is 13.1 Å². The topological polar surface area (TPSA) is 52.6 Å². The summed E-state index contributed by atoms with van der Waals surface area (Å²) in [6, 6.07) is 9.52. The van der Waals surface area contributed by atoms with Crippen molar-refractivity contribution in [2.45, 2.75) is 19.9 Å². The molecule has 0 unspecified atom stereocenters. The van der Waals surface area contributed by atoms with Gasteiger partial charge in [0.2, 0.25) is 0 Å². The van der Waals surface area contributed by atoms with E-state index in [1.165, 1.54) is 0 Å². The Balaban J connectivity index is 2.59. The quantitative estimate of drug-likeness (QED) is 0.810. The van der Waals surface area contributed by atoms with Gasteiger partial charge in [-0.15, -0.1) is 0 Å². The van der Waals surface area contributed by atoms with E-state index in [0.717, 1.165) is 12.0 Å². The Morgan fingerprint density at radius 2 is 2.11 bits per heavy atom. The molecule has 0 fully saturated rings. The van der Waals surface area contributed by atoms with E-state index in [-0.39, 0.29) is 12.6 Å². The molecule has 0 saturated heterocycles.